The highest BCUT2D eigenvalue weighted by molar-refractivity contribution is 5.93. The van der Waals surface area contributed by atoms with E-state index in [0.29, 0.717) is 5.69 Å². The van der Waals surface area contributed by atoms with E-state index < -0.39 is 5.97 Å². The van der Waals surface area contributed by atoms with Crippen LogP contribution in [0.2, 0.25) is 0 Å². The lowest BCUT2D eigenvalue weighted by atomic mass is 10.2. The van der Waals surface area contributed by atoms with Gasteiger partial charge in [-0.25, -0.2) is 14.5 Å². The van der Waals surface area contributed by atoms with Crippen molar-refractivity contribution in [2.45, 2.75) is 20.4 Å². The first-order valence-electron chi connectivity index (χ1n) is 4.70. The highest BCUT2D eigenvalue weighted by atomic mass is 16.4. The van der Waals surface area contributed by atoms with Crippen molar-refractivity contribution in [3.8, 4) is 0 Å². The fraction of sp³-hybridized carbons (Fsp3) is 0.300. The molecule has 5 nitrogen and oxygen atoms in total. The molecule has 0 saturated carbocycles. The maximum atomic E-state index is 10.9. The van der Waals surface area contributed by atoms with E-state index in [9.17, 15) is 4.79 Å². The highest BCUT2D eigenvalue weighted by Crippen LogP contribution is 2.16. The number of pyridine rings is 1. The van der Waals surface area contributed by atoms with Gasteiger partial charge < -0.3 is 5.11 Å². The van der Waals surface area contributed by atoms with Crippen molar-refractivity contribution >= 4 is 17.0 Å². The Kier molecular flexibility index (Phi) is 2.15. The Balaban J connectivity index is 2.72. The van der Waals surface area contributed by atoms with Crippen molar-refractivity contribution in [3.63, 3.8) is 0 Å². The lowest BCUT2D eigenvalue weighted by molar-refractivity contribution is 0.0696. The monoisotopic (exact) mass is 205 g/mol. The minimum atomic E-state index is -0.953. The van der Waals surface area contributed by atoms with Gasteiger partial charge in [-0.05, 0) is 19.9 Å². The molecule has 2 aromatic rings. The molecule has 0 bridgehead atoms. The summed E-state index contributed by atoms with van der Waals surface area (Å²) in [5.41, 5.74) is 1.49. The molecular formula is C10H11N3O2. The molecule has 0 atom stereocenters. The predicted molar refractivity (Wildman–Crippen MR) is 54.9 cm³/mol. The number of hydrogen-bond donors (Lipinski definition) is 1. The molecule has 0 amide bonds. The summed E-state index contributed by atoms with van der Waals surface area (Å²) in [5.74, 6) is -0.953. The highest BCUT2D eigenvalue weighted by Gasteiger charge is 2.12. The number of fused-ring (bicyclic) bond motifs is 1. The number of carbonyl (C=O) groups is 1. The molecule has 78 valence electrons. The zero-order valence-electron chi connectivity index (χ0n) is 8.56. The summed E-state index contributed by atoms with van der Waals surface area (Å²) in [5, 5.41) is 13.8. The minimum Gasteiger partial charge on any atom is -0.478 e. The van der Waals surface area contributed by atoms with Gasteiger partial charge in [-0.2, -0.15) is 5.10 Å². The molecule has 1 N–H and O–H groups in total. The van der Waals surface area contributed by atoms with Crippen LogP contribution < -0.4 is 0 Å². The summed E-state index contributed by atoms with van der Waals surface area (Å²) >= 11 is 0. The van der Waals surface area contributed by atoms with E-state index in [1.807, 2.05) is 6.92 Å². The van der Waals surface area contributed by atoms with E-state index in [4.69, 9.17) is 5.11 Å². The second-order valence-corrected chi connectivity index (χ2v) is 3.30. The van der Waals surface area contributed by atoms with Gasteiger partial charge in [0.1, 0.15) is 0 Å². The van der Waals surface area contributed by atoms with Crippen LogP contribution in [0, 0.1) is 6.92 Å². The second kappa shape index (κ2) is 3.34. The van der Waals surface area contributed by atoms with Gasteiger partial charge in [0.05, 0.1) is 17.5 Å². The van der Waals surface area contributed by atoms with Gasteiger partial charge in [0.25, 0.3) is 0 Å². The Hall–Kier alpha value is -1.91. The quantitative estimate of drug-likeness (QED) is 0.805. The molecule has 5 heteroatoms. The molecule has 15 heavy (non-hydrogen) atoms. The van der Waals surface area contributed by atoms with Crippen LogP contribution >= 0.6 is 0 Å². The molecule has 0 radical (unpaired) electrons. The Morgan fingerprint density at radius 3 is 2.93 bits per heavy atom. The number of carboxylic acid groups (broad SMARTS) is 1. The molecular weight excluding hydrogens is 194 g/mol. The molecule has 0 aliphatic rings. The van der Waals surface area contributed by atoms with Crippen LogP contribution in [0.4, 0.5) is 0 Å². The third-order valence-corrected chi connectivity index (χ3v) is 2.33. The second-order valence-electron chi connectivity index (χ2n) is 3.30. The lowest BCUT2D eigenvalue weighted by Crippen LogP contribution is -2.04. The molecule has 0 unspecified atom stereocenters. The van der Waals surface area contributed by atoms with Crippen LogP contribution in [-0.4, -0.2) is 25.8 Å². The van der Waals surface area contributed by atoms with E-state index >= 15 is 0 Å². The predicted octanol–water partition coefficient (Wildman–Crippen LogP) is 1.46. The van der Waals surface area contributed by atoms with Crippen molar-refractivity contribution in [2.24, 2.45) is 0 Å². The lowest BCUT2D eigenvalue weighted by Gasteiger charge is -2.01. The topological polar surface area (TPSA) is 68.0 Å². The zero-order chi connectivity index (χ0) is 11.0. The summed E-state index contributed by atoms with van der Waals surface area (Å²) in [6.45, 7) is 4.38. The van der Waals surface area contributed by atoms with Gasteiger partial charge in [0, 0.05) is 11.9 Å². The first kappa shape index (κ1) is 9.64. The van der Waals surface area contributed by atoms with Crippen LogP contribution in [0.3, 0.4) is 0 Å². The number of nitrogens with zero attached hydrogens (tertiary/aromatic N) is 3. The number of aromatic carboxylic acids is 1. The molecule has 0 aliphatic carbocycles. The summed E-state index contributed by atoms with van der Waals surface area (Å²) in [6, 6.07) is 1.61. The Labute approximate surface area is 86.4 Å². The average molecular weight is 205 g/mol. The number of rotatable bonds is 2. The normalized spacial score (nSPS) is 10.8. The molecule has 0 fully saturated rings. The SMILES string of the molecule is CCn1ncc2cc(C(=O)O)c(C)nc21. The minimum absolute atomic E-state index is 0.234. The van der Waals surface area contributed by atoms with E-state index in [1.165, 1.54) is 0 Å². The van der Waals surface area contributed by atoms with Crippen molar-refractivity contribution in [1.29, 1.82) is 0 Å². The number of aromatic nitrogens is 3. The molecule has 0 spiro atoms. The summed E-state index contributed by atoms with van der Waals surface area (Å²) in [6.07, 6.45) is 1.64. The molecule has 0 saturated heterocycles. The molecule has 0 aromatic carbocycles. The number of carboxylic acids is 1. The smallest absolute Gasteiger partial charge is 0.337 e. The van der Waals surface area contributed by atoms with E-state index in [1.54, 1.807) is 23.9 Å². The first-order valence-corrected chi connectivity index (χ1v) is 4.70. The molecule has 2 rings (SSSR count). The Bertz CT molecular complexity index is 531. The van der Waals surface area contributed by atoms with Gasteiger partial charge in [0.2, 0.25) is 0 Å². The Morgan fingerprint density at radius 1 is 1.60 bits per heavy atom. The van der Waals surface area contributed by atoms with E-state index in [0.717, 1.165) is 17.6 Å². The number of hydrogen-bond acceptors (Lipinski definition) is 3. The summed E-state index contributed by atoms with van der Waals surface area (Å²) < 4.78 is 1.74. The summed E-state index contributed by atoms with van der Waals surface area (Å²) in [7, 11) is 0. The first-order chi connectivity index (χ1) is 7.13. The number of aryl methyl sites for hydroxylation is 2. The van der Waals surface area contributed by atoms with Crippen LogP contribution in [-0.2, 0) is 6.54 Å². The third-order valence-electron chi connectivity index (χ3n) is 2.33. The van der Waals surface area contributed by atoms with Crippen molar-refractivity contribution in [3.05, 3.63) is 23.5 Å². The van der Waals surface area contributed by atoms with Crippen LogP contribution in [0.15, 0.2) is 12.3 Å². The largest absolute Gasteiger partial charge is 0.478 e. The fourth-order valence-electron chi connectivity index (χ4n) is 1.54. The van der Waals surface area contributed by atoms with Crippen molar-refractivity contribution in [2.75, 3.05) is 0 Å². The molecule has 2 heterocycles. The molecule has 0 aliphatic heterocycles. The van der Waals surface area contributed by atoms with Gasteiger partial charge in [-0.15, -0.1) is 0 Å². The fourth-order valence-corrected chi connectivity index (χ4v) is 1.54. The zero-order valence-corrected chi connectivity index (χ0v) is 8.56. The average Bonchev–Trinajstić information content (AvgIpc) is 2.58. The van der Waals surface area contributed by atoms with Crippen LogP contribution in [0.25, 0.3) is 11.0 Å². The van der Waals surface area contributed by atoms with Crippen molar-refractivity contribution in [1.82, 2.24) is 14.8 Å². The van der Waals surface area contributed by atoms with E-state index in [-0.39, 0.29) is 5.56 Å². The third kappa shape index (κ3) is 1.45. The van der Waals surface area contributed by atoms with Gasteiger partial charge in [-0.3, -0.25) is 0 Å². The van der Waals surface area contributed by atoms with Gasteiger partial charge >= 0.3 is 5.97 Å². The summed E-state index contributed by atoms with van der Waals surface area (Å²) in [4.78, 5) is 15.1. The van der Waals surface area contributed by atoms with Crippen molar-refractivity contribution < 1.29 is 9.90 Å². The standard InChI is InChI=1S/C10H11N3O2/c1-3-13-9-7(5-11-13)4-8(10(14)15)6(2)12-9/h4-5H,3H2,1-2H3,(H,14,15). The maximum Gasteiger partial charge on any atom is 0.337 e. The maximum absolute atomic E-state index is 10.9. The molecule has 2 aromatic heterocycles. The van der Waals surface area contributed by atoms with E-state index in [2.05, 4.69) is 10.1 Å². The van der Waals surface area contributed by atoms with Gasteiger partial charge in [0.15, 0.2) is 5.65 Å². The van der Waals surface area contributed by atoms with Crippen LogP contribution in [0.5, 0.6) is 0 Å². The Morgan fingerprint density at radius 2 is 2.33 bits per heavy atom. The van der Waals surface area contributed by atoms with Crippen LogP contribution in [0.1, 0.15) is 23.0 Å². The van der Waals surface area contributed by atoms with Gasteiger partial charge in [-0.1, -0.05) is 0 Å².